The molecule has 5 nitrogen and oxygen atoms in total. The van der Waals surface area contributed by atoms with E-state index < -0.39 is 18.6 Å². The minimum Gasteiger partial charge on any atom is -0.355 e. The number of aryl methyl sites for hydroxylation is 1. The van der Waals surface area contributed by atoms with Crippen LogP contribution in [0.1, 0.15) is 5.82 Å². The van der Waals surface area contributed by atoms with E-state index in [0.717, 1.165) is 5.82 Å². The summed E-state index contributed by atoms with van der Waals surface area (Å²) in [5, 5.41) is 4.53. The Bertz CT molecular complexity index is 389. The highest BCUT2D eigenvalue weighted by atomic mass is 19.4. The number of carbonyl (C=O) groups excluding carboxylic acids is 1. The van der Waals surface area contributed by atoms with Crippen LogP contribution >= 0.6 is 0 Å². The van der Waals surface area contributed by atoms with Crippen molar-refractivity contribution in [2.75, 3.05) is 19.6 Å². The quantitative estimate of drug-likeness (QED) is 0.773. The lowest BCUT2D eigenvalue weighted by Gasteiger charge is -2.08. The third-order valence-electron chi connectivity index (χ3n) is 2.20. The van der Waals surface area contributed by atoms with Crippen LogP contribution in [-0.2, 0) is 18.3 Å². The van der Waals surface area contributed by atoms with Crippen molar-refractivity contribution in [3.63, 3.8) is 0 Å². The average Bonchev–Trinajstić information content (AvgIpc) is 2.62. The summed E-state index contributed by atoms with van der Waals surface area (Å²) in [7, 11) is 1.83. The van der Waals surface area contributed by atoms with Gasteiger partial charge in [0.05, 0.1) is 13.1 Å². The van der Waals surface area contributed by atoms with Crippen LogP contribution in [0.3, 0.4) is 0 Å². The zero-order valence-corrected chi connectivity index (χ0v) is 9.92. The minimum atomic E-state index is -4.30. The third kappa shape index (κ3) is 5.67. The van der Waals surface area contributed by atoms with Crippen molar-refractivity contribution in [1.29, 1.82) is 0 Å². The standard InChI is InChI=1S/C10H15F3N4O/c1-17-5-4-15-8(17)2-3-16-9(18)6-14-7-10(11,12)13/h4-5,14H,2-3,6-7H2,1H3,(H,16,18). The molecule has 0 saturated heterocycles. The van der Waals surface area contributed by atoms with Gasteiger partial charge in [0, 0.05) is 32.4 Å². The summed E-state index contributed by atoms with van der Waals surface area (Å²) in [5.74, 6) is 0.340. The molecule has 0 fully saturated rings. The van der Waals surface area contributed by atoms with Gasteiger partial charge in [-0.1, -0.05) is 0 Å². The molecular formula is C10H15F3N4O. The molecule has 0 bridgehead atoms. The molecule has 0 radical (unpaired) electrons. The molecule has 0 saturated carbocycles. The number of aromatic nitrogens is 2. The number of halogens is 3. The number of nitrogens with one attached hydrogen (secondary N) is 2. The molecule has 1 aromatic rings. The molecular weight excluding hydrogens is 249 g/mol. The number of alkyl halides is 3. The first-order valence-corrected chi connectivity index (χ1v) is 5.39. The molecule has 102 valence electrons. The van der Waals surface area contributed by atoms with Crippen LogP contribution in [0.2, 0.25) is 0 Å². The van der Waals surface area contributed by atoms with Gasteiger partial charge in [0.25, 0.3) is 0 Å². The summed E-state index contributed by atoms with van der Waals surface area (Å²) in [5.41, 5.74) is 0. The molecule has 1 aromatic heterocycles. The molecule has 0 aliphatic carbocycles. The first-order valence-electron chi connectivity index (χ1n) is 5.39. The fraction of sp³-hybridized carbons (Fsp3) is 0.600. The van der Waals surface area contributed by atoms with Crippen LogP contribution in [0.15, 0.2) is 12.4 Å². The summed E-state index contributed by atoms with van der Waals surface area (Å²) < 4.78 is 37.2. The van der Waals surface area contributed by atoms with Gasteiger partial charge < -0.3 is 15.2 Å². The topological polar surface area (TPSA) is 59.0 Å². The molecule has 1 heterocycles. The molecule has 0 atom stereocenters. The fourth-order valence-electron chi connectivity index (χ4n) is 1.33. The number of amides is 1. The Labute approximate surface area is 102 Å². The van der Waals surface area contributed by atoms with E-state index in [-0.39, 0.29) is 6.54 Å². The normalized spacial score (nSPS) is 11.6. The first kappa shape index (κ1) is 14.5. The van der Waals surface area contributed by atoms with Crippen LogP contribution in [0.4, 0.5) is 13.2 Å². The van der Waals surface area contributed by atoms with Gasteiger partial charge in [-0.2, -0.15) is 13.2 Å². The van der Waals surface area contributed by atoms with E-state index in [1.54, 1.807) is 12.4 Å². The van der Waals surface area contributed by atoms with Crippen LogP contribution in [0, 0.1) is 0 Å². The molecule has 0 aliphatic heterocycles. The highest BCUT2D eigenvalue weighted by molar-refractivity contribution is 5.77. The highest BCUT2D eigenvalue weighted by Crippen LogP contribution is 2.11. The van der Waals surface area contributed by atoms with Crippen LogP contribution in [-0.4, -0.2) is 41.3 Å². The number of carbonyl (C=O) groups is 1. The summed E-state index contributed by atoms with van der Waals surface area (Å²) >= 11 is 0. The Morgan fingerprint density at radius 2 is 2.22 bits per heavy atom. The van der Waals surface area contributed by atoms with Gasteiger partial charge in [-0.05, 0) is 0 Å². The van der Waals surface area contributed by atoms with Gasteiger partial charge in [-0.25, -0.2) is 4.98 Å². The zero-order chi connectivity index (χ0) is 13.6. The predicted molar refractivity (Wildman–Crippen MR) is 58.8 cm³/mol. The number of nitrogens with zero attached hydrogens (tertiary/aromatic N) is 2. The first-order chi connectivity index (χ1) is 8.38. The van der Waals surface area contributed by atoms with E-state index in [2.05, 4.69) is 10.3 Å². The molecule has 0 spiro atoms. The largest absolute Gasteiger partial charge is 0.401 e. The Balaban J connectivity index is 2.12. The Morgan fingerprint density at radius 3 is 2.78 bits per heavy atom. The maximum Gasteiger partial charge on any atom is 0.401 e. The Hall–Kier alpha value is -1.57. The summed E-state index contributed by atoms with van der Waals surface area (Å²) in [4.78, 5) is 15.2. The fourth-order valence-corrected chi connectivity index (χ4v) is 1.33. The van der Waals surface area contributed by atoms with Crippen molar-refractivity contribution in [3.05, 3.63) is 18.2 Å². The van der Waals surface area contributed by atoms with Gasteiger partial charge >= 0.3 is 6.18 Å². The highest BCUT2D eigenvalue weighted by Gasteiger charge is 2.26. The maximum absolute atomic E-state index is 11.8. The number of imidazole rings is 1. The Morgan fingerprint density at radius 1 is 1.50 bits per heavy atom. The summed E-state index contributed by atoms with van der Waals surface area (Å²) in [6, 6.07) is 0. The maximum atomic E-state index is 11.8. The molecule has 8 heteroatoms. The lowest BCUT2D eigenvalue weighted by Crippen LogP contribution is -2.38. The molecule has 0 aromatic carbocycles. The second-order valence-electron chi connectivity index (χ2n) is 3.77. The molecule has 1 amide bonds. The van der Waals surface area contributed by atoms with Crippen LogP contribution < -0.4 is 10.6 Å². The van der Waals surface area contributed by atoms with E-state index in [1.165, 1.54) is 0 Å². The van der Waals surface area contributed by atoms with Crippen molar-refractivity contribution in [1.82, 2.24) is 20.2 Å². The summed E-state index contributed by atoms with van der Waals surface area (Å²) in [6.07, 6.45) is -0.341. The van der Waals surface area contributed by atoms with Crippen molar-refractivity contribution in [2.24, 2.45) is 7.05 Å². The van der Waals surface area contributed by atoms with Gasteiger partial charge in [0.1, 0.15) is 5.82 Å². The van der Waals surface area contributed by atoms with E-state index in [0.29, 0.717) is 13.0 Å². The lowest BCUT2D eigenvalue weighted by atomic mass is 10.4. The molecule has 18 heavy (non-hydrogen) atoms. The number of rotatable bonds is 6. The van der Waals surface area contributed by atoms with Gasteiger partial charge in [-0.3, -0.25) is 4.79 Å². The van der Waals surface area contributed by atoms with Gasteiger partial charge in [-0.15, -0.1) is 0 Å². The van der Waals surface area contributed by atoms with Crippen LogP contribution in [0.5, 0.6) is 0 Å². The van der Waals surface area contributed by atoms with E-state index in [4.69, 9.17) is 0 Å². The van der Waals surface area contributed by atoms with Crippen molar-refractivity contribution < 1.29 is 18.0 Å². The van der Waals surface area contributed by atoms with Crippen LogP contribution in [0.25, 0.3) is 0 Å². The van der Waals surface area contributed by atoms with E-state index >= 15 is 0 Å². The molecule has 1 rings (SSSR count). The van der Waals surface area contributed by atoms with Gasteiger partial charge in [0.2, 0.25) is 5.91 Å². The van der Waals surface area contributed by atoms with E-state index in [9.17, 15) is 18.0 Å². The molecule has 0 aliphatic rings. The smallest absolute Gasteiger partial charge is 0.355 e. The minimum absolute atomic E-state index is 0.345. The second kappa shape index (κ2) is 6.39. The monoisotopic (exact) mass is 264 g/mol. The van der Waals surface area contributed by atoms with Crippen molar-refractivity contribution in [3.8, 4) is 0 Å². The lowest BCUT2D eigenvalue weighted by molar-refractivity contribution is -0.128. The zero-order valence-electron chi connectivity index (χ0n) is 9.92. The van der Waals surface area contributed by atoms with E-state index in [1.807, 2.05) is 16.9 Å². The molecule has 0 unspecified atom stereocenters. The Kier molecular flexibility index (Phi) is 5.14. The SMILES string of the molecule is Cn1ccnc1CCNC(=O)CNCC(F)(F)F. The summed E-state index contributed by atoms with van der Waals surface area (Å²) in [6.45, 7) is -1.17. The van der Waals surface area contributed by atoms with Gasteiger partial charge in [0.15, 0.2) is 0 Å². The number of hydrogen-bond donors (Lipinski definition) is 2. The predicted octanol–water partition coefficient (Wildman–Crippen LogP) is 0.231. The third-order valence-corrected chi connectivity index (χ3v) is 2.20. The number of hydrogen-bond acceptors (Lipinski definition) is 3. The average molecular weight is 264 g/mol. The van der Waals surface area contributed by atoms with Crippen molar-refractivity contribution in [2.45, 2.75) is 12.6 Å². The van der Waals surface area contributed by atoms with Crippen molar-refractivity contribution >= 4 is 5.91 Å². The second-order valence-corrected chi connectivity index (χ2v) is 3.77. The molecule has 2 N–H and O–H groups in total.